The topological polar surface area (TPSA) is 56.2 Å². The molecule has 5 heteroatoms. The molecule has 1 fully saturated rings. The molecule has 0 aromatic carbocycles. The van der Waals surface area contributed by atoms with E-state index in [4.69, 9.17) is 4.74 Å². The van der Waals surface area contributed by atoms with Crippen LogP contribution >= 0.6 is 0 Å². The molecule has 2 aliphatic heterocycles. The summed E-state index contributed by atoms with van der Waals surface area (Å²) in [6.45, 7) is 4.03. The first-order valence-corrected chi connectivity index (χ1v) is 6.70. The van der Waals surface area contributed by atoms with Gasteiger partial charge in [0, 0.05) is 31.9 Å². The summed E-state index contributed by atoms with van der Waals surface area (Å²) in [6, 6.07) is 0. The SMILES string of the molecule is O=c1c2c(ncn1CC1CCOCC1)CNCC2. The quantitative estimate of drug-likeness (QED) is 0.820. The van der Waals surface area contributed by atoms with E-state index in [0.29, 0.717) is 5.92 Å². The van der Waals surface area contributed by atoms with Crippen molar-refractivity contribution < 1.29 is 4.74 Å². The normalized spacial score (nSPS) is 20.7. The molecule has 0 bridgehead atoms. The van der Waals surface area contributed by atoms with Crippen molar-refractivity contribution in [2.24, 2.45) is 5.92 Å². The largest absolute Gasteiger partial charge is 0.381 e. The highest BCUT2D eigenvalue weighted by Gasteiger charge is 2.18. The molecule has 1 saturated heterocycles. The molecule has 5 nitrogen and oxygen atoms in total. The lowest BCUT2D eigenvalue weighted by atomic mass is 10.00. The number of hydrogen-bond donors (Lipinski definition) is 1. The summed E-state index contributed by atoms with van der Waals surface area (Å²) in [5.41, 5.74) is 1.99. The summed E-state index contributed by atoms with van der Waals surface area (Å²) in [4.78, 5) is 16.8. The molecule has 18 heavy (non-hydrogen) atoms. The van der Waals surface area contributed by atoms with Gasteiger partial charge in [0.2, 0.25) is 0 Å². The molecule has 0 amide bonds. The Labute approximate surface area is 106 Å². The van der Waals surface area contributed by atoms with Crippen molar-refractivity contribution in [3.63, 3.8) is 0 Å². The number of hydrogen-bond acceptors (Lipinski definition) is 4. The van der Waals surface area contributed by atoms with Crippen LogP contribution in [-0.2, 0) is 24.2 Å². The van der Waals surface area contributed by atoms with Crippen molar-refractivity contribution in [1.82, 2.24) is 14.9 Å². The van der Waals surface area contributed by atoms with E-state index in [1.807, 2.05) is 0 Å². The van der Waals surface area contributed by atoms with Crippen LogP contribution in [0.4, 0.5) is 0 Å². The van der Waals surface area contributed by atoms with E-state index in [9.17, 15) is 4.79 Å². The zero-order chi connectivity index (χ0) is 12.4. The lowest BCUT2D eigenvalue weighted by Gasteiger charge is -2.23. The predicted molar refractivity (Wildman–Crippen MR) is 67.5 cm³/mol. The lowest BCUT2D eigenvalue weighted by Crippen LogP contribution is -2.35. The third-order valence-electron chi connectivity index (χ3n) is 3.86. The Morgan fingerprint density at radius 3 is 3.11 bits per heavy atom. The molecule has 0 saturated carbocycles. The average Bonchev–Trinajstić information content (AvgIpc) is 2.43. The second-order valence-corrected chi connectivity index (χ2v) is 5.11. The van der Waals surface area contributed by atoms with E-state index >= 15 is 0 Å². The number of nitrogens with one attached hydrogen (secondary N) is 1. The number of nitrogens with zero attached hydrogens (tertiary/aromatic N) is 2. The fourth-order valence-electron chi connectivity index (χ4n) is 2.73. The van der Waals surface area contributed by atoms with Gasteiger partial charge in [0.1, 0.15) is 0 Å². The number of rotatable bonds is 2. The van der Waals surface area contributed by atoms with E-state index < -0.39 is 0 Å². The van der Waals surface area contributed by atoms with Gasteiger partial charge >= 0.3 is 0 Å². The lowest BCUT2D eigenvalue weighted by molar-refractivity contribution is 0.0608. The van der Waals surface area contributed by atoms with Crippen LogP contribution < -0.4 is 10.9 Å². The van der Waals surface area contributed by atoms with E-state index in [-0.39, 0.29) is 5.56 Å². The molecule has 1 aromatic rings. The molecule has 3 heterocycles. The Morgan fingerprint density at radius 2 is 2.28 bits per heavy atom. The van der Waals surface area contributed by atoms with Crippen LogP contribution in [0.5, 0.6) is 0 Å². The van der Waals surface area contributed by atoms with E-state index in [1.165, 1.54) is 0 Å². The Kier molecular flexibility index (Phi) is 3.43. The zero-order valence-electron chi connectivity index (χ0n) is 10.5. The monoisotopic (exact) mass is 249 g/mol. The molecule has 0 unspecified atom stereocenters. The molecule has 0 aliphatic carbocycles. The maximum Gasteiger partial charge on any atom is 0.256 e. The first kappa shape index (κ1) is 11.9. The second-order valence-electron chi connectivity index (χ2n) is 5.11. The molecule has 98 valence electrons. The Hall–Kier alpha value is -1.20. The zero-order valence-corrected chi connectivity index (χ0v) is 10.5. The van der Waals surface area contributed by atoms with Gasteiger partial charge in [-0.2, -0.15) is 0 Å². The average molecular weight is 249 g/mol. The van der Waals surface area contributed by atoms with Crippen molar-refractivity contribution in [3.05, 3.63) is 27.9 Å². The van der Waals surface area contributed by atoms with Gasteiger partial charge in [0.25, 0.3) is 5.56 Å². The Bertz CT molecular complexity index is 478. The van der Waals surface area contributed by atoms with Gasteiger partial charge in [-0.3, -0.25) is 9.36 Å². The van der Waals surface area contributed by atoms with Crippen molar-refractivity contribution in [2.75, 3.05) is 19.8 Å². The highest BCUT2D eigenvalue weighted by atomic mass is 16.5. The van der Waals surface area contributed by atoms with Gasteiger partial charge in [0.05, 0.1) is 12.0 Å². The summed E-state index contributed by atoms with van der Waals surface area (Å²) in [5, 5.41) is 3.24. The minimum Gasteiger partial charge on any atom is -0.381 e. The third-order valence-corrected chi connectivity index (χ3v) is 3.86. The van der Waals surface area contributed by atoms with Gasteiger partial charge in [-0.05, 0) is 31.7 Å². The number of aromatic nitrogens is 2. The van der Waals surface area contributed by atoms with Crippen LogP contribution in [-0.4, -0.2) is 29.3 Å². The van der Waals surface area contributed by atoms with Crippen molar-refractivity contribution in [2.45, 2.75) is 32.4 Å². The summed E-state index contributed by atoms with van der Waals surface area (Å²) in [6.07, 6.45) is 4.61. The van der Waals surface area contributed by atoms with Crippen LogP contribution in [0.1, 0.15) is 24.1 Å². The van der Waals surface area contributed by atoms with Crippen molar-refractivity contribution in [1.29, 1.82) is 0 Å². The van der Waals surface area contributed by atoms with Gasteiger partial charge < -0.3 is 10.1 Å². The van der Waals surface area contributed by atoms with Crippen molar-refractivity contribution >= 4 is 0 Å². The number of fused-ring (bicyclic) bond motifs is 1. The standard InChI is InChI=1S/C13H19N3O2/c17-13-11-1-4-14-7-12(11)15-9-16(13)8-10-2-5-18-6-3-10/h9-10,14H,1-8H2. The molecule has 0 spiro atoms. The van der Waals surface area contributed by atoms with Crippen LogP contribution in [0.2, 0.25) is 0 Å². The molecule has 1 aromatic heterocycles. The van der Waals surface area contributed by atoms with Gasteiger partial charge in [-0.25, -0.2) is 4.98 Å². The molecule has 2 aliphatic rings. The van der Waals surface area contributed by atoms with Crippen LogP contribution in [0.3, 0.4) is 0 Å². The summed E-state index contributed by atoms with van der Waals surface area (Å²) < 4.78 is 7.14. The molecule has 0 radical (unpaired) electrons. The summed E-state index contributed by atoms with van der Waals surface area (Å²) >= 11 is 0. The minimum absolute atomic E-state index is 0.160. The van der Waals surface area contributed by atoms with Gasteiger partial charge in [-0.15, -0.1) is 0 Å². The van der Waals surface area contributed by atoms with Crippen LogP contribution in [0.25, 0.3) is 0 Å². The third kappa shape index (κ3) is 2.33. The smallest absolute Gasteiger partial charge is 0.256 e. The molecule has 0 atom stereocenters. The molecular formula is C13H19N3O2. The van der Waals surface area contributed by atoms with Gasteiger partial charge in [-0.1, -0.05) is 0 Å². The summed E-state index contributed by atoms with van der Waals surface area (Å²) in [7, 11) is 0. The Morgan fingerprint density at radius 1 is 1.44 bits per heavy atom. The van der Waals surface area contributed by atoms with Gasteiger partial charge in [0.15, 0.2) is 0 Å². The van der Waals surface area contributed by atoms with Crippen molar-refractivity contribution in [3.8, 4) is 0 Å². The fraction of sp³-hybridized carbons (Fsp3) is 0.692. The maximum atomic E-state index is 12.4. The first-order chi connectivity index (χ1) is 8.84. The minimum atomic E-state index is 0.160. The van der Waals surface area contributed by atoms with Crippen LogP contribution in [0, 0.1) is 5.92 Å². The molecular weight excluding hydrogens is 230 g/mol. The predicted octanol–water partition coefficient (Wildman–Crippen LogP) is 0.316. The second kappa shape index (κ2) is 5.20. The summed E-state index contributed by atoms with van der Waals surface area (Å²) in [5.74, 6) is 0.554. The van der Waals surface area contributed by atoms with E-state index in [2.05, 4.69) is 10.3 Å². The molecule has 1 N–H and O–H groups in total. The first-order valence-electron chi connectivity index (χ1n) is 6.70. The fourth-order valence-corrected chi connectivity index (χ4v) is 2.73. The highest BCUT2D eigenvalue weighted by Crippen LogP contribution is 2.16. The Balaban J connectivity index is 1.81. The number of ether oxygens (including phenoxy) is 1. The van der Waals surface area contributed by atoms with Crippen LogP contribution in [0.15, 0.2) is 11.1 Å². The highest BCUT2D eigenvalue weighted by molar-refractivity contribution is 5.19. The van der Waals surface area contributed by atoms with E-state index in [0.717, 1.165) is 63.4 Å². The maximum absolute atomic E-state index is 12.4. The van der Waals surface area contributed by atoms with E-state index in [1.54, 1.807) is 10.9 Å². The molecule has 3 rings (SSSR count).